The summed E-state index contributed by atoms with van der Waals surface area (Å²) in [4.78, 5) is 53.1. The normalized spacial score (nSPS) is 16.6. The van der Waals surface area contributed by atoms with E-state index in [1.165, 1.54) is 36.1 Å². The number of nitrogens with zero attached hydrogens (tertiary/aromatic N) is 2. The van der Waals surface area contributed by atoms with Crippen molar-refractivity contribution in [3.63, 3.8) is 0 Å². The van der Waals surface area contributed by atoms with Gasteiger partial charge in [0.25, 0.3) is 11.8 Å². The molecule has 3 amide bonds. The second kappa shape index (κ2) is 9.64. The number of esters is 1. The zero-order valence-electron chi connectivity index (χ0n) is 18.5. The first kappa shape index (κ1) is 23.0. The quantitative estimate of drug-likeness (QED) is 0.374. The highest BCUT2D eigenvalue weighted by Gasteiger charge is 2.45. The molecule has 0 radical (unpaired) electrons. The van der Waals surface area contributed by atoms with E-state index < -0.39 is 23.8 Å². The molecule has 0 aliphatic carbocycles. The average molecular weight is 438 g/mol. The van der Waals surface area contributed by atoms with Gasteiger partial charge in [-0.3, -0.25) is 19.2 Å². The van der Waals surface area contributed by atoms with E-state index in [0.29, 0.717) is 29.2 Å². The first-order chi connectivity index (χ1) is 15.3. The summed E-state index contributed by atoms with van der Waals surface area (Å²) in [5, 5.41) is 0. The first-order valence-corrected chi connectivity index (χ1v) is 10.4. The molecule has 0 bridgehead atoms. The summed E-state index contributed by atoms with van der Waals surface area (Å²) < 4.78 is 10.1. The molecule has 2 aromatic carbocycles. The maximum Gasteiger partial charge on any atom is 0.308 e. The number of benzene rings is 2. The second-order valence-corrected chi connectivity index (χ2v) is 7.57. The van der Waals surface area contributed by atoms with Crippen molar-refractivity contribution in [3.05, 3.63) is 54.1 Å². The van der Waals surface area contributed by atoms with E-state index in [1.807, 2.05) is 13.8 Å². The summed E-state index contributed by atoms with van der Waals surface area (Å²) in [7, 11) is 1.54. The van der Waals surface area contributed by atoms with E-state index in [-0.39, 0.29) is 18.4 Å². The Hall–Kier alpha value is -3.68. The van der Waals surface area contributed by atoms with E-state index in [9.17, 15) is 19.2 Å². The minimum absolute atomic E-state index is 0.100. The van der Waals surface area contributed by atoms with E-state index in [4.69, 9.17) is 9.47 Å². The summed E-state index contributed by atoms with van der Waals surface area (Å²) in [6, 6.07) is 11.6. The van der Waals surface area contributed by atoms with Crippen LogP contribution >= 0.6 is 0 Å². The van der Waals surface area contributed by atoms with Crippen LogP contribution in [0, 0.1) is 0 Å². The van der Waals surface area contributed by atoms with Crippen LogP contribution in [0.15, 0.2) is 48.5 Å². The molecule has 0 N–H and O–H groups in total. The Labute approximate surface area is 186 Å². The fourth-order valence-electron chi connectivity index (χ4n) is 3.66. The minimum atomic E-state index is -0.903. The van der Waals surface area contributed by atoms with Crippen molar-refractivity contribution in [2.24, 2.45) is 0 Å². The lowest BCUT2D eigenvalue weighted by molar-refractivity contribution is -0.132. The molecule has 0 aromatic heterocycles. The van der Waals surface area contributed by atoms with Gasteiger partial charge in [0.05, 0.1) is 19.2 Å². The van der Waals surface area contributed by atoms with Gasteiger partial charge in [-0.1, -0.05) is 6.92 Å². The Balaban J connectivity index is 1.88. The predicted molar refractivity (Wildman–Crippen MR) is 118 cm³/mol. The van der Waals surface area contributed by atoms with Crippen LogP contribution in [-0.4, -0.2) is 47.8 Å². The molecule has 1 fully saturated rings. The second-order valence-electron chi connectivity index (χ2n) is 7.57. The average Bonchev–Trinajstić information content (AvgIpc) is 3.07. The zero-order valence-corrected chi connectivity index (χ0v) is 18.5. The summed E-state index contributed by atoms with van der Waals surface area (Å²) in [6.07, 6.45) is 0.522. The Morgan fingerprint density at radius 3 is 2.19 bits per heavy atom. The summed E-state index contributed by atoms with van der Waals surface area (Å²) >= 11 is 0. The van der Waals surface area contributed by atoms with E-state index in [1.54, 1.807) is 31.4 Å². The van der Waals surface area contributed by atoms with Crippen molar-refractivity contribution in [2.75, 3.05) is 12.0 Å². The number of carbonyl (C=O) groups is 4. The van der Waals surface area contributed by atoms with Crippen molar-refractivity contribution in [1.29, 1.82) is 0 Å². The lowest BCUT2D eigenvalue weighted by Gasteiger charge is -2.33. The fourth-order valence-corrected chi connectivity index (χ4v) is 3.66. The fraction of sp³-hybridized carbons (Fsp3) is 0.333. The van der Waals surface area contributed by atoms with Gasteiger partial charge in [-0.15, -0.1) is 0 Å². The molecule has 3 rings (SSSR count). The van der Waals surface area contributed by atoms with Crippen molar-refractivity contribution in [1.82, 2.24) is 4.90 Å². The van der Waals surface area contributed by atoms with Crippen LogP contribution in [0.1, 0.15) is 44.0 Å². The van der Waals surface area contributed by atoms with Gasteiger partial charge in [0.1, 0.15) is 17.5 Å². The van der Waals surface area contributed by atoms with Crippen LogP contribution < -0.4 is 14.4 Å². The van der Waals surface area contributed by atoms with Gasteiger partial charge in [0, 0.05) is 18.5 Å². The smallest absolute Gasteiger partial charge is 0.308 e. The molecule has 8 heteroatoms. The minimum Gasteiger partial charge on any atom is -0.497 e. The van der Waals surface area contributed by atoms with Crippen LogP contribution in [0.5, 0.6) is 11.5 Å². The first-order valence-electron chi connectivity index (χ1n) is 10.4. The van der Waals surface area contributed by atoms with Crippen LogP contribution in [0.3, 0.4) is 0 Å². The molecule has 0 saturated carbocycles. The number of hydrogen-bond acceptors (Lipinski definition) is 6. The number of amides is 3. The van der Waals surface area contributed by atoms with E-state index in [2.05, 4.69) is 0 Å². The van der Waals surface area contributed by atoms with Crippen LogP contribution in [0.2, 0.25) is 0 Å². The number of methoxy groups -OCH3 is 1. The molecule has 2 atom stereocenters. The number of hydrogen-bond donors (Lipinski definition) is 0. The highest BCUT2D eigenvalue weighted by Crippen LogP contribution is 2.30. The van der Waals surface area contributed by atoms with E-state index >= 15 is 0 Å². The third kappa shape index (κ3) is 4.64. The van der Waals surface area contributed by atoms with Crippen LogP contribution in [0.4, 0.5) is 5.69 Å². The lowest BCUT2D eigenvalue weighted by atomic mass is 10.1. The maximum atomic E-state index is 13.3. The molecule has 1 saturated heterocycles. The third-order valence-electron chi connectivity index (χ3n) is 5.45. The van der Waals surface area contributed by atoms with Crippen molar-refractivity contribution in [3.8, 4) is 11.5 Å². The molecule has 168 valence electrons. The van der Waals surface area contributed by atoms with Gasteiger partial charge in [-0.2, -0.15) is 0 Å². The predicted octanol–water partition coefficient (Wildman–Crippen LogP) is 3.19. The third-order valence-corrected chi connectivity index (χ3v) is 5.45. The SMILES string of the molecule is CCC(C)N(C(=O)c1ccc(OC)cc1)C1CC(=O)N(c2ccc(OC(C)=O)cc2)C1=O. The van der Waals surface area contributed by atoms with Crippen LogP contribution in [0.25, 0.3) is 0 Å². The van der Waals surface area contributed by atoms with Crippen molar-refractivity contribution < 1.29 is 28.7 Å². The molecule has 2 unspecified atom stereocenters. The molecule has 32 heavy (non-hydrogen) atoms. The van der Waals surface area contributed by atoms with Gasteiger partial charge < -0.3 is 14.4 Å². The van der Waals surface area contributed by atoms with Gasteiger partial charge in [-0.25, -0.2) is 4.90 Å². The molecule has 0 spiro atoms. The highest BCUT2D eigenvalue weighted by molar-refractivity contribution is 6.23. The summed E-state index contributed by atoms with van der Waals surface area (Å²) in [6.45, 7) is 5.07. The van der Waals surface area contributed by atoms with Gasteiger partial charge in [0.2, 0.25) is 5.91 Å². The highest BCUT2D eigenvalue weighted by atomic mass is 16.5. The molecule has 1 aliphatic heterocycles. The number of imide groups is 1. The standard InChI is InChI=1S/C24H26N2O6/c1-5-15(2)25(23(29)17-6-10-19(31-4)11-7-17)21-14-22(28)26(24(21)30)18-8-12-20(13-9-18)32-16(3)27/h6-13,15,21H,5,14H2,1-4H3. The number of ether oxygens (including phenoxy) is 2. The summed E-state index contributed by atoms with van der Waals surface area (Å²) in [5.41, 5.74) is 0.773. The Morgan fingerprint density at radius 1 is 1.06 bits per heavy atom. The summed E-state index contributed by atoms with van der Waals surface area (Å²) in [5.74, 6) is -0.707. The molecular formula is C24H26N2O6. The number of anilines is 1. The van der Waals surface area contributed by atoms with Gasteiger partial charge >= 0.3 is 5.97 Å². The van der Waals surface area contributed by atoms with Crippen LogP contribution in [-0.2, 0) is 14.4 Å². The molecule has 8 nitrogen and oxygen atoms in total. The largest absolute Gasteiger partial charge is 0.497 e. The van der Waals surface area contributed by atoms with Gasteiger partial charge in [-0.05, 0) is 61.9 Å². The molecule has 2 aromatic rings. The molecule has 1 heterocycles. The monoisotopic (exact) mass is 438 g/mol. The Morgan fingerprint density at radius 2 is 1.66 bits per heavy atom. The number of carbonyl (C=O) groups excluding carboxylic acids is 4. The van der Waals surface area contributed by atoms with E-state index in [0.717, 1.165) is 4.90 Å². The Kier molecular flexibility index (Phi) is 6.92. The number of rotatable bonds is 7. The maximum absolute atomic E-state index is 13.3. The topological polar surface area (TPSA) is 93.2 Å². The molecular weight excluding hydrogens is 412 g/mol. The zero-order chi connectivity index (χ0) is 23.4. The van der Waals surface area contributed by atoms with Crippen molar-refractivity contribution >= 4 is 29.4 Å². The lowest BCUT2D eigenvalue weighted by Crippen LogP contribution is -2.49. The van der Waals surface area contributed by atoms with Crippen molar-refractivity contribution in [2.45, 2.75) is 45.7 Å². The van der Waals surface area contributed by atoms with Gasteiger partial charge in [0.15, 0.2) is 0 Å². The molecule has 1 aliphatic rings. The Bertz CT molecular complexity index is 1020.